The van der Waals surface area contributed by atoms with Crippen molar-refractivity contribution in [2.24, 2.45) is 0 Å². The zero-order valence-corrected chi connectivity index (χ0v) is 15.1. The number of hydrogen-bond donors (Lipinski definition) is 1. The van der Waals surface area contributed by atoms with E-state index in [1.165, 1.54) is 27.1 Å². The van der Waals surface area contributed by atoms with Crippen LogP contribution >= 0.6 is 11.3 Å². The summed E-state index contributed by atoms with van der Waals surface area (Å²) in [7, 11) is 0. The number of amides is 2. The number of carbonyl (C=O) groups is 2. The zero-order valence-electron chi connectivity index (χ0n) is 14.3. The second-order valence-electron chi connectivity index (χ2n) is 6.19. The van der Waals surface area contributed by atoms with Crippen LogP contribution in [0.25, 0.3) is 10.2 Å². The summed E-state index contributed by atoms with van der Waals surface area (Å²) in [6.45, 7) is 3.59. The first-order valence-electron chi connectivity index (χ1n) is 8.10. The number of aromatic nitrogens is 2. The van der Waals surface area contributed by atoms with Gasteiger partial charge in [-0.05, 0) is 31.5 Å². The Labute approximate surface area is 152 Å². The van der Waals surface area contributed by atoms with E-state index in [1.807, 2.05) is 13.8 Å². The van der Waals surface area contributed by atoms with E-state index in [1.54, 1.807) is 24.3 Å². The molecule has 26 heavy (non-hydrogen) atoms. The minimum atomic E-state index is -0.333. The van der Waals surface area contributed by atoms with Gasteiger partial charge in [0.05, 0.1) is 23.1 Å². The SMILES string of the molecule is Cc1sc2ncn(CC(=O)N3CC(=O)Nc4ccccc43)c(=O)c2c1C. The predicted octanol–water partition coefficient (Wildman–Crippen LogP) is 2.06. The van der Waals surface area contributed by atoms with Crippen LogP contribution in [-0.2, 0) is 16.1 Å². The van der Waals surface area contributed by atoms with E-state index in [4.69, 9.17) is 0 Å². The maximum Gasteiger partial charge on any atom is 0.262 e. The van der Waals surface area contributed by atoms with E-state index in [0.717, 1.165) is 10.4 Å². The number of hydrogen-bond acceptors (Lipinski definition) is 5. The van der Waals surface area contributed by atoms with Gasteiger partial charge in [0.1, 0.15) is 17.9 Å². The van der Waals surface area contributed by atoms with Crippen LogP contribution in [0.4, 0.5) is 11.4 Å². The molecule has 1 aliphatic heterocycles. The summed E-state index contributed by atoms with van der Waals surface area (Å²) in [4.78, 5) is 44.9. The minimum absolute atomic E-state index is 0.0726. The Morgan fingerprint density at radius 2 is 2.04 bits per heavy atom. The second kappa shape index (κ2) is 6.06. The summed E-state index contributed by atoms with van der Waals surface area (Å²) in [6, 6.07) is 7.10. The first-order valence-corrected chi connectivity index (χ1v) is 8.91. The molecule has 0 fully saturated rings. The summed E-state index contributed by atoms with van der Waals surface area (Å²) in [5.74, 6) is -0.595. The Kier molecular flexibility index (Phi) is 3.84. The average molecular weight is 368 g/mol. The molecular formula is C18H16N4O3S. The number of nitrogens with one attached hydrogen (secondary N) is 1. The van der Waals surface area contributed by atoms with Crippen molar-refractivity contribution in [3.8, 4) is 0 Å². The number of aryl methyl sites for hydroxylation is 2. The summed E-state index contributed by atoms with van der Waals surface area (Å²) in [5, 5.41) is 3.30. The van der Waals surface area contributed by atoms with Gasteiger partial charge in [-0.3, -0.25) is 23.9 Å². The van der Waals surface area contributed by atoms with Crippen LogP contribution in [0.1, 0.15) is 10.4 Å². The van der Waals surface area contributed by atoms with Gasteiger partial charge in [0.25, 0.3) is 5.56 Å². The third kappa shape index (κ3) is 2.59. The highest BCUT2D eigenvalue weighted by Crippen LogP contribution is 2.29. The number of fused-ring (bicyclic) bond motifs is 2. The number of anilines is 2. The lowest BCUT2D eigenvalue weighted by atomic mass is 10.2. The number of thiophene rings is 1. The Morgan fingerprint density at radius 1 is 1.27 bits per heavy atom. The van der Waals surface area contributed by atoms with E-state index < -0.39 is 0 Å². The Morgan fingerprint density at radius 3 is 2.85 bits per heavy atom. The molecule has 0 radical (unpaired) electrons. The van der Waals surface area contributed by atoms with Gasteiger partial charge >= 0.3 is 0 Å². The highest BCUT2D eigenvalue weighted by molar-refractivity contribution is 7.18. The fourth-order valence-corrected chi connectivity index (χ4v) is 4.06. The van der Waals surface area contributed by atoms with Crippen LogP contribution in [0.5, 0.6) is 0 Å². The molecule has 0 unspecified atom stereocenters. The zero-order chi connectivity index (χ0) is 18.4. The van der Waals surface area contributed by atoms with Crippen molar-refractivity contribution in [1.82, 2.24) is 9.55 Å². The normalized spacial score (nSPS) is 13.6. The quantitative estimate of drug-likeness (QED) is 0.750. The van der Waals surface area contributed by atoms with Crippen LogP contribution < -0.4 is 15.8 Å². The molecule has 1 aliphatic rings. The Bertz CT molecular complexity index is 1120. The number of benzene rings is 1. The van der Waals surface area contributed by atoms with Crippen molar-refractivity contribution >= 4 is 44.7 Å². The molecule has 0 atom stereocenters. The topological polar surface area (TPSA) is 84.3 Å². The van der Waals surface area contributed by atoms with Crippen molar-refractivity contribution in [1.29, 1.82) is 0 Å². The minimum Gasteiger partial charge on any atom is -0.323 e. The second-order valence-corrected chi connectivity index (χ2v) is 7.39. The van der Waals surface area contributed by atoms with E-state index in [9.17, 15) is 14.4 Å². The fourth-order valence-electron chi connectivity index (χ4n) is 3.07. The van der Waals surface area contributed by atoms with Gasteiger partial charge in [-0.15, -0.1) is 11.3 Å². The van der Waals surface area contributed by atoms with Crippen molar-refractivity contribution in [3.05, 3.63) is 51.4 Å². The molecule has 7 nitrogen and oxygen atoms in total. The molecule has 132 valence electrons. The molecule has 0 spiro atoms. The molecule has 8 heteroatoms. The molecule has 0 aliphatic carbocycles. The van der Waals surface area contributed by atoms with Gasteiger partial charge in [-0.2, -0.15) is 0 Å². The average Bonchev–Trinajstić information content (AvgIpc) is 2.91. The summed E-state index contributed by atoms with van der Waals surface area (Å²) < 4.78 is 1.30. The van der Waals surface area contributed by atoms with Crippen LogP contribution in [0, 0.1) is 13.8 Å². The number of rotatable bonds is 2. The molecule has 3 heterocycles. The van der Waals surface area contributed by atoms with Crippen molar-refractivity contribution in [3.63, 3.8) is 0 Å². The van der Waals surface area contributed by atoms with E-state index >= 15 is 0 Å². The fraction of sp³-hybridized carbons (Fsp3) is 0.222. The molecule has 0 saturated heterocycles. The summed E-state index contributed by atoms with van der Waals surface area (Å²) in [5.41, 5.74) is 1.87. The molecule has 1 aromatic carbocycles. The van der Waals surface area contributed by atoms with Gasteiger partial charge in [-0.1, -0.05) is 12.1 Å². The molecular weight excluding hydrogens is 352 g/mol. The van der Waals surface area contributed by atoms with Gasteiger partial charge in [-0.25, -0.2) is 4.98 Å². The molecule has 1 N–H and O–H groups in total. The highest BCUT2D eigenvalue weighted by atomic mass is 32.1. The van der Waals surface area contributed by atoms with Crippen LogP contribution in [0.3, 0.4) is 0 Å². The molecule has 2 aromatic heterocycles. The van der Waals surface area contributed by atoms with Crippen molar-refractivity contribution in [2.45, 2.75) is 20.4 Å². The molecule has 3 aromatic rings. The van der Waals surface area contributed by atoms with Crippen molar-refractivity contribution < 1.29 is 9.59 Å². The maximum atomic E-state index is 12.8. The molecule has 0 bridgehead atoms. The maximum absolute atomic E-state index is 12.8. The lowest BCUT2D eigenvalue weighted by Gasteiger charge is -2.29. The first-order chi connectivity index (χ1) is 12.5. The Hall–Kier alpha value is -3.00. The third-order valence-corrected chi connectivity index (χ3v) is 5.65. The molecule has 2 amide bonds. The van der Waals surface area contributed by atoms with Gasteiger partial charge < -0.3 is 5.32 Å². The van der Waals surface area contributed by atoms with Crippen LogP contribution in [-0.4, -0.2) is 27.9 Å². The van der Waals surface area contributed by atoms with Crippen molar-refractivity contribution in [2.75, 3.05) is 16.8 Å². The van der Waals surface area contributed by atoms with Gasteiger partial charge in [0.15, 0.2) is 0 Å². The largest absolute Gasteiger partial charge is 0.323 e. The van der Waals surface area contributed by atoms with Crippen LogP contribution in [0.15, 0.2) is 35.4 Å². The smallest absolute Gasteiger partial charge is 0.262 e. The number of para-hydroxylation sites is 2. The predicted molar refractivity (Wildman–Crippen MR) is 101 cm³/mol. The van der Waals surface area contributed by atoms with E-state index in [-0.39, 0.29) is 30.5 Å². The standard InChI is InChI=1S/C18H16N4O3S/c1-10-11(2)26-17-16(10)18(25)21(9-19-17)8-15(24)22-7-14(23)20-12-5-3-4-6-13(12)22/h3-6,9H,7-8H2,1-2H3,(H,20,23). The first kappa shape index (κ1) is 16.5. The highest BCUT2D eigenvalue weighted by Gasteiger charge is 2.27. The lowest BCUT2D eigenvalue weighted by molar-refractivity contribution is -0.122. The van der Waals surface area contributed by atoms with E-state index in [2.05, 4.69) is 10.3 Å². The van der Waals surface area contributed by atoms with Gasteiger partial charge in [0, 0.05) is 4.88 Å². The molecule has 0 saturated carbocycles. The van der Waals surface area contributed by atoms with Crippen LogP contribution in [0.2, 0.25) is 0 Å². The number of nitrogens with zero attached hydrogens (tertiary/aromatic N) is 3. The van der Waals surface area contributed by atoms with E-state index in [0.29, 0.717) is 21.6 Å². The molecule has 4 rings (SSSR count). The summed E-state index contributed by atoms with van der Waals surface area (Å²) in [6.07, 6.45) is 1.40. The Balaban J connectivity index is 1.70. The van der Waals surface area contributed by atoms with Gasteiger partial charge in [0.2, 0.25) is 11.8 Å². The summed E-state index contributed by atoms with van der Waals surface area (Å²) >= 11 is 1.47. The monoisotopic (exact) mass is 368 g/mol. The third-order valence-electron chi connectivity index (χ3n) is 4.53. The number of carbonyl (C=O) groups excluding carboxylic acids is 2. The lowest BCUT2D eigenvalue weighted by Crippen LogP contribution is -2.44.